The van der Waals surface area contributed by atoms with Crippen molar-refractivity contribution in [2.24, 2.45) is 0 Å². The van der Waals surface area contributed by atoms with Crippen molar-refractivity contribution < 1.29 is 22.7 Å². The maximum atomic E-state index is 13.6. The topological polar surface area (TPSA) is 26.3 Å². The van der Waals surface area contributed by atoms with Gasteiger partial charge >= 0.3 is 0 Å². The van der Waals surface area contributed by atoms with Crippen molar-refractivity contribution >= 4 is 5.78 Å². The molecule has 0 aliphatic carbocycles. The highest BCUT2D eigenvalue weighted by Gasteiger charge is 2.09. The zero-order valence-electron chi connectivity index (χ0n) is 10.6. The van der Waals surface area contributed by atoms with E-state index in [1.165, 1.54) is 25.1 Å². The van der Waals surface area contributed by atoms with Gasteiger partial charge in [0.2, 0.25) is 0 Å². The lowest BCUT2D eigenvalue weighted by molar-refractivity contribution is 0.101. The van der Waals surface area contributed by atoms with Crippen molar-refractivity contribution in [1.82, 2.24) is 0 Å². The predicted molar refractivity (Wildman–Crippen MR) is 67.1 cm³/mol. The number of hydrogen-bond donors (Lipinski definition) is 0. The number of ether oxygens (including phenoxy) is 1. The lowest BCUT2D eigenvalue weighted by Crippen LogP contribution is -2.01. The third-order valence-corrected chi connectivity index (χ3v) is 2.74. The molecule has 20 heavy (non-hydrogen) atoms. The first kappa shape index (κ1) is 14.1. The van der Waals surface area contributed by atoms with Crippen LogP contribution in [0.25, 0.3) is 0 Å². The molecule has 0 aliphatic heterocycles. The second-order valence-electron chi connectivity index (χ2n) is 4.23. The van der Waals surface area contributed by atoms with Crippen LogP contribution < -0.4 is 4.74 Å². The first-order valence-corrected chi connectivity index (χ1v) is 5.84. The molecule has 0 unspecified atom stereocenters. The molecule has 0 atom stereocenters. The molecule has 0 saturated heterocycles. The van der Waals surface area contributed by atoms with Gasteiger partial charge in [0.15, 0.2) is 17.3 Å². The smallest absolute Gasteiger partial charge is 0.165 e. The second kappa shape index (κ2) is 5.77. The van der Waals surface area contributed by atoms with Crippen molar-refractivity contribution in [1.29, 1.82) is 0 Å². The van der Waals surface area contributed by atoms with Crippen LogP contribution in [0.1, 0.15) is 22.8 Å². The minimum Gasteiger partial charge on any atom is -0.486 e. The van der Waals surface area contributed by atoms with Gasteiger partial charge in [-0.05, 0) is 37.3 Å². The largest absolute Gasteiger partial charge is 0.486 e. The Morgan fingerprint density at radius 3 is 2.40 bits per heavy atom. The number of benzene rings is 2. The molecule has 5 heteroatoms. The molecule has 0 aliphatic rings. The van der Waals surface area contributed by atoms with Gasteiger partial charge in [-0.15, -0.1) is 0 Å². The van der Waals surface area contributed by atoms with Crippen molar-refractivity contribution in [2.75, 3.05) is 0 Å². The fraction of sp³-hybridized carbons (Fsp3) is 0.133. The molecule has 2 aromatic carbocycles. The predicted octanol–water partition coefficient (Wildman–Crippen LogP) is 3.89. The van der Waals surface area contributed by atoms with Crippen LogP contribution in [-0.2, 0) is 6.61 Å². The van der Waals surface area contributed by atoms with E-state index >= 15 is 0 Å². The van der Waals surface area contributed by atoms with Crippen molar-refractivity contribution in [3.63, 3.8) is 0 Å². The van der Waals surface area contributed by atoms with Crippen molar-refractivity contribution in [3.05, 3.63) is 65.0 Å². The molecule has 104 valence electrons. The molecule has 0 heterocycles. The molecule has 0 radical (unpaired) electrons. The molecular weight excluding hydrogens is 269 g/mol. The van der Waals surface area contributed by atoms with Crippen LogP contribution in [0.3, 0.4) is 0 Å². The van der Waals surface area contributed by atoms with Gasteiger partial charge in [-0.1, -0.05) is 0 Å². The van der Waals surface area contributed by atoms with E-state index in [4.69, 9.17) is 4.74 Å². The summed E-state index contributed by atoms with van der Waals surface area (Å²) in [5, 5.41) is 0. The zero-order chi connectivity index (χ0) is 14.7. The van der Waals surface area contributed by atoms with E-state index in [0.29, 0.717) is 0 Å². The van der Waals surface area contributed by atoms with E-state index in [2.05, 4.69) is 0 Å². The zero-order valence-corrected chi connectivity index (χ0v) is 10.6. The van der Waals surface area contributed by atoms with Crippen LogP contribution in [0.2, 0.25) is 0 Å². The van der Waals surface area contributed by atoms with E-state index in [0.717, 1.165) is 18.2 Å². The molecule has 0 amide bonds. The highest BCUT2D eigenvalue weighted by atomic mass is 19.1. The highest BCUT2D eigenvalue weighted by molar-refractivity contribution is 5.94. The Morgan fingerprint density at radius 1 is 1.05 bits per heavy atom. The van der Waals surface area contributed by atoms with Crippen molar-refractivity contribution in [2.45, 2.75) is 13.5 Å². The molecule has 0 bridgehead atoms. The molecule has 0 fully saturated rings. The Labute approximate surface area is 113 Å². The Kier molecular flexibility index (Phi) is 4.08. The maximum Gasteiger partial charge on any atom is 0.165 e. The second-order valence-corrected chi connectivity index (χ2v) is 4.23. The summed E-state index contributed by atoms with van der Waals surface area (Å²) in [5.41, 5.74) is 0.337. The van der Waals surface area contributed by atoms with Gasteiger partial charge in [0.05, 0.1) is 0 Å². The van der Waals surface area contributed by atoms with Crippen LogP contribution in [-0.4, -0.2) is 5.78 Å². The van der Waals surface area contributed by atoms with Gasteiger partial charge in [0, 0.05) is 17.2 Å². The molecule has 2 nitrogen and oxygen atoms in total. The Morgan fingerprint density at radius 2 is 1.80 bits per heavy atom. The fourth-order valence-corrected chi connectivity index (χ4v) is 1.63. The van der Waals surface area contributed by atoms with Crippen LogP contribution in [0.4, 0.5) is 13.2 Å². The normalized spacial score (nSPS) is 10.4. The Bertz CT molecular complexity index is 654. The number of hydrogen-bond acceptors (Lipinski definition) is 2. The molecule has 2 aromatic rings. The molecule has 0 N–H and O–H groups in total. The Hall–Kier alpha value is -2.30. The lowest BCUT2D eigenvalue weighted by atomic mass is 10.1. The first-order valence-electron chi connectivity index (χ1n) is 5.84. The van der Waals surface area contributed by atoms with Gasteiger partial charge in [0.1, 0.15) is 18.2 Å². The molecular formula is C15H11F3O2. The average molecular weight is 280 g/mol. The summed E-state index contributed by atoms with van der Waals surface area (Å²) in [7, 11) is 0. The van der Waals surface area contributed by atoms with Gasteiger partial charge in [-0.25, -0.2) is 13.2 Å². The number of halogens is 3. The summed E-state index contributed by atoms with van der Waals surface area (Å²) in [4.78, 5) is 11.1. The van der Waals surface area contributed by atoms with E-state index in [-0.39, 0.29) is 29.3 Å². The maximum absolute atomic E-state index is 13.6. The van der Waals surface area contributed by atoms with Gasteiger partial charge in [-0.3, -0.25) is 4.79 Å². The summed E-state index contributed by atoms with van der Waals surface area (Å²) in [6, 6.07) is 6.82. The number of rotatable bonds is 4. The van der Waals surface area contributed by atoms with Gasteiger partial charge < -0.3 is 4.74 Å². The van der Waals surface area contributed by atoms with E-state index in [1.54, 1.807) is 0 Å². The summed E-state index contributed by atoms with van der Waals surface area (Å²) < 4.78 is 44.9. The number of Topliss-reactive ketones (excluding diaryl/α,β-unsaturated/α-hetero) is 1. The van der Waals surface area contributed by atoms with Crippen LogP contribution in [0.5, 0.6) is 5.75 Å². The number of ketones is 1. The van der Waals surface area contributed by atoms with Crippen LogP contribution >= 0.6 is 0 Å². The third kappa shape index (κ3) is 3.17. The van der Waals surface area contributed by atoms with E-state index in [9.17, 15) is 18.0 Å². The highest BCUT2D eigenvalue weighted by Crippen LogP contribution is 2.20. The SMILES string of the molecule is CC(=O)c1ccc(OCc2ccc(F)cc2F)c(F)c1. The summed E-state index contributed by atoms with van der Waals surface area (Å²) in [5.74, 6) is -2.52. The monoisotopic (exact) mass is 280 g/mol. The number of carbonyl (C=O) groups excluding carboxylic acids is 1. The quantitative estimate of drug-likeness (QED) is 0.794. The van der Waals surface area contributed by atoms with E-state index < -0.39 is 17.5 Å². The van der Waals surface area contributed by atoms with Crippen molar-refractivity contribution in [3.8, 4) is 5.75 Å². The molecule has 0 aromatic heterocycles. The summed E-state index contributed by atoms with van der Waals surface area (Å²) in [6.45, 7) is 1.09. The Balaban J connectivity index is 2.13. The lowest BCUT2D eigenvalue weighted by Gasteiger charge is -2.09. The molecule has 0 spiro atoms. The van der Waals surface area contributed by atoms with Gasteiger partial charge in [0.25, 0.3) is 0 Å². The van der Waals surface area contributed by atoms with Gasteiger partial charge in [-0.2, -0.15) is 0 Å². The fourth-order valence-electron chi connectivity index (χ4n) is 1.63. The molecule has 0 saturated carbocycles. The minimum atomic E-state index is -0.759. The average Bonchev–Trinajstić information content (AvgIpc) is 2.38. The van der Waals surface area contributed by atoms with Crippen LogP contribution in [0.15, 0.2) is 36.4 Å². The first-order chi connectivity index (χ1) is 9.47. The summed E-state index contributed by atoms with van der Waals surface area (Å²) in [6.07, 6.45) is 0. The number of carbonyl (C=O) groups is 1. The van der Waals surface area contributed by atoms with E-state index in [1.807, 2.05) is 0 Å². The molecule has 2 rings (SSSR count). The third-order valence-electron chi connectivity index (χ3n) is 2.74. The standard InChI is InChI=1S/C15H11F3O2/c1-9(19)10-3-5-15(14(18)6-10)20-8-11-2-4-12(16)7-13(11)17/h2-7H,8H2,1H3. The minimum absolute atomic E-state index is 0.0984. The van der Waals surface area contributed by atoms with Crippen LogP contribution in [0, 0.1) is 17.5 Å². The summed E-state index contributed by atoms with van der Waals surface area (Å²) >= 11 is 0.